The molecule has 78 valence electrons. The zero-order chi connectivity index (χ0) is 9.83. The summed E-state index contributed by atoms with van der Waals surface area (Å²) in [6.45, 7) is 1.08. The molecule has 0 spiro atoms. The van der Waals surface area contributed by atoms with Gasteiger partial charge in [0.05, 0.1) is 0 Å². The number of aromatic nitrogens is 3. The maximum Gasteiger partial charge on any atom is 0.137 e. The van der Waals surface area contributed by atoms with E-state index in [-0.39, 0.29) is 0 Å². The summed E-state index contributed by atoms with van der Waals surface area (Å²) < 4.78 is 2.01. The van der Waals surface area contributed by atoms with E-state index in [0.717, 1.165) is 30.2 Å². The fraction of sp³-hybridized carbons (Fsp3) is 0.667. The summed E-state index contributed by atoms with van der Waals surface area (Å²) >= 11 is 0. The van der Waals surface area contributed by atoms with Gasteiger partial charge in [-0.2, -0.15) is 5.10 Å². The second kappa shape index (κ2) is 2.71. The minimum Gasteiger partial charge on any atom is -0.253 e. The highest BCUT2D eigenvalue weighted by molar-refractivity contribution is 5.26. The molecule has 1 aromatic heterocycles. The van der Waals surface area contributed by atoms with E-state index in [4.69, 9.17) is 0 Å². The quantitative estimate of drug-likeness (QED) is 0.684. The molecule has 0 aliphatic heterocycles. The molecule has 0 aromatic carbocycles. The Bertz CT molecular complexity index is 407. The Labute approximate surface area is 89.2 Å². The van der Waals surface area contributed by atoms with E-state index in [0.29, 0.717) is 0 Å². The second-order valence-corrected chi connectivity index (χ2v) is 5.32. The molecule has 1 aromatic rings. The molecular formula is C12H15N3. The lowest BCUT2D eigenvalue weighted by atomic mass is 9.73. The smallest absolute Gasteiger partial charge is 0.137 e. The summed E-state index contributed by atoms with van der Waals surface area (Å²) in [6, 6.07) is 0. The van der Waals surface area contributed by atoms with E-state index in [9.17, 15) is 0 Å². The van der Waals surface area contributed by atoms with Gasteiger partial charge < -0.3 is 0 Å². The second-order valence-electron chi connectivity index (χ2n) is 5.32. The van der Waals surface area contributed by atoms with Gasteiger partial charge in [0, 0.05) is 6.54 Å². The molecule has 3 heteroatoms. The van der Waals surface area contributed by atoms with E-state index >= 15 is 0 Å². The van der Waals surface area contributed by atoms with Crippen molar-refractivity contribution in [2.24, 2.45) is 23.7 Å². The first kappa shape index (κ1) is 8.08. The molecule has 4 bridgehead atoms. The number of hydrogen-bond donors (Lipinski definition) is 0. The highest BCUT2D eigenvalue weighted by Gasteiger charge is 2.47. The van der Waals surface area contributed by atoms with E-state index in [2.05, 4.69) is 16.2 Å². The molecule has 4 atom stereocenters. The van der Waals surface area contributed by atoms with Gasteiger partial charge in [-0.15, -0.1) is 0 Å². The molecule has 4 aliphatic carbocycles. The Morgan fingerprint density at radius 1 is 1.40 bits per heavy atom. The molecule has 2 saturated carbocycles. The molecule has 2 fully saturated rings. The van der Waals surface area contributed by atoms with Crippen LogP contribution >= 0.6 is 0 Å². The van der Waals surface area contributed by atoms with Gasteiger partial charge in [0.15, 0.2) is 0 Å². The minimum absolute atomic E-state index is 0.828. The Morgan fingerprint density at radius 3 is 3.13 bits per heavy atom. The van der Waals surface area contributed by atoms with E-state index in [1.165, 1.54) is 19.3 Å². The van der Waals surface area contributed by atoms with E-state index in [1.807, 2.05) is 11.0 Å². The summed E-state index contributed by atoms with van der Waals surface area (Å²) in [7, 11) is 0. The highest BCUT2D eigenvalue weighted by Crippen LogP contribution is 2.57. The summed E-state index contributed by atoms with van der Waals surface area (Å²) in [5.41, 5.74) is 1.78. The van der Waals surface area contributed by atoms with Crippen LogP contribution in [0.15, 0.2) is 24.3 Å². The van der Waals surface area contributed by atoms with Gasteiger partial charge in [-0.05, 0) is 42.9 Å². The number of rotatable bonds is 2. The fourth-order valence-corrected chi connectivity index (χ4v) is 3.99. The van der Waals surface area contributed by atoms with Crippen LogP contribution in [0, 0.1) is 23.7 Å². The molecule has 15 heavy (non-hydrogen) atoms. The van der Waals surface area contributed by atoms with Crippen molar-refractivity contribution in [3.63, 3.8) is 0 Å². The highest BCUT2D eigenvalue weighted by atomic mass is 15.3. The minimum atomic E-state index is 0.828. The third-order valence-electron chi connectivity index (χ3n) is 4.61. The summed E-state index contributed by atoms with van der Waals surface area (Å²) in [5, 5.41) is 4.23. The van der Waals surface area contributed by atoms with Crippen LogP contribution in [0.2, 0.25) is 0 Å². The number of allylic oxidation sites excluding steroid dienone is 2. The molecule has 0 radical (unpaired) electrons. The lowest BCUT2D eigenvalue weighted by Gasteiger charge is -2.33. The average molecular weight is 201 g/mol. The number of nitrogens with zero attached hydrogens (tertiary/aromatic N) is 3. The monoisotopic (exact) mass is 201 g/mol. The molecule has 0 saturated heterocycles. The van der Waals surface area contributed by atoms with Crippen molar-refractivity contribution < 1.29 is 0 Å². The number of hydrogen-bond acceptors (Lipinski definition) is 2. The topological polar surface area (TPSA) is 30.7 Å². The van der Waals surface area contributed by atoms with Crippen LogP contribution < -0.4 is 0 Å². The molecule has 0 amide bonds. The van der Waals surface area contributed by atoms with Crippen molar-refractivity contribution in [1.29, 1.82) is 0 Å². The Morgan fingerprint density at radius 2 is 2.40 bits per heavy atom. The van der Waals surface area contributed by atoms with Gasteiger partial charge in [0.2, 0.25) is 0 Å². The van der Waals surface area contributed by atoms with Crippen LogP contribution in [0.4, 0.5) is 0 Å². The molecule has 0 N–H and O–H groups in total. The SMILES string of the molecule is C1=C2CC3CC2CC1C3Cn1cncn1. The van der Waals surface area contributed by atoms with Crippen LogP contribution in [-0.4, -0.2) is 14.8 Å². The predicted octanol–water partition coefficient (Wildman–Crippen LogP) is 1.88. The molecule has 4 aliphatic rings. The Balaban J connectivity index is 1.61. The van der Waals surface area contributed by atoms with Crippen molar-refractivity contribution in [2.75, 3.05) is 0 Å². The van der Waals surface area contributed by atoms with E-state index < -0.39 is 0 Å². The van der Waals surface area contributed by atoms with Crippen LogP contribution in [-0.2, 0) is 6.54 Å². The van der Waals surface area contributed by atoms with Gasteiger partial charge in [-0.1, -0.05) is 11.6 Å². The molecular weight excluding hydrogens is 186 g/mol. The third kappa shape index (κ3) is 1.06. The van der Waals surface area contributed by atoms with Crippen molar-refractivity contribution >= 4 is 0 Å². The molecule has 3 nitrogen and oxygen atoms in total. The first-order chi connectivity index (χ1) is 7.40. The van der Waals surface area contributed by atoms with Gasteiger partial charge >= 0.3 is 0 Å². The van der Waals surface area contributed by atoms with Gasteiger partial charge in [0.25, 0.3) is 0 Å². The lowest BCUT2D eigenvalue weighted by Crippen LogP contribution is -2.29. The maximum atomic E-state index is 4.23. The van der Waals surface area contributed by atoms with Crippen LogP contribution in [0.1, 0.15) is 19.3 Å². The lowest BCUT2D eigenvalue weighted by molar-refractivity contribution is 0.169. The average Bonchev–Trinajstić information content (AvgIpc) is 2.83. The van der Waals surface area contributed by atoms with Crippen molar-refractivity contribution in [2.45, 2.75) is 25.8 Å². The zero-order valence-corrected chi connectivity index (χ0v) is 8.71. The van der Waals surface area contributed by atoms with Gasteiger partial charge in [0.1, 0.15) is 12.7 Å². The summed E-state index contributed by atoms with van der Waals surface area (Å²) in [4.78, 5) is 4.02. The maximum absolute atomic E-state index is 4.23. The van der Waals surface area contributed by atoms with Crippen molar-refractivity contribution in [3.8, 4) is 0 Å². The van der Waals surface area contributed by atoms with Crippen LogP contribution in [0.3, 0.4) is 0 Å². The fourth-order valence-electron chi connectivity index (χ4n) is 3.99. The van der Waals surface area contributed by atoms with Gasteiger partial charge in [-0.25, -0.2) is 4.98 Å². The van der Waals surface area contributed by atoms with Crippen molar-refractivity contribution in [3.05, 3.63) is 24.3 Å². The molecule has 1 heterocycles. The predicted molar refractivity (Wildman–Crippen MR) is 55.9 cm³/mol. The largest absolute Gasteiger partial charge is 0.253 e. The summed E-state index contributed by atoms with van der Waals surface area (Å²) in [6.07, 6.45) is 10.3. The molecule has 5 rings (SSSR count). The molecule has 4 unspecified atom stereocenters. The van der Waals surface area contributed by atoms with Crippen LogP contribution in [0.25, 0.3) is 0 Å². The Kier molecular flexibility index (Phi) is 1.46. The Hall–Kier alpha value is -1.12. The normalized spacial score (nSPS) is 41.2. The zero-order valence-electron chi connectivity index (χ0n) is 8.71. The van der Waals surface area contributed by atoms with Gasteiger partial charge in [-0.3, -0.25) is 4.68 Å². The first-order valence-electron chi connectivity index (χ1n) is 5.93. The first-order valence-corrected chi connectivity index (χ1v) is 5.93. The van der Waals surface area contributed by atoms with E-state index in [1.54, 1.807) is 11.9 Å². The third-order valence-corrected chi connectivity index (χ3v) is 4.61. The van der Waals surface area contributed by atoms with Crippen LogP contribution in [0.5, 0.6) is 0 Å². The summed E-state index contributed by atoms with van der Waals surface area (Å²) in [5.74, 6) is 3.58. The van der Waals surface area contributed by atoms with Crippen molar-refractivity contribution in [1.82, 2.24) is 14.8 Å². The standard InChI is InChI=1S/C12H15N3/c1-8-2-11-4-9(8)3-10(1)12(11)5-15-7-13-6-14-15/h1,6-7,9-12H,2-5H2.